The molecule has 2 aliphatic carbocycles. The molecule has 0 unspecified atom stereocenters. The van der Waals surface area contributed by atoms with Gasteiger partial charge in [0.1, 0.15) is 0 Å². The number of hydrogen-bond acceptors (Lipinski definition) is 1. The molecule has 0 spiro atoms. The molecule has 0 atom stereocenters. The van der Waals surface area contributed by atoms with Crippen molar-refractivity contribution in [3.63, 3.8) is 0 Å². The summed E-state index contributed by atoms with van der Waals surface area (Å²) in [7, 11) is 0. The largest absolute Gasteiger partial charge is 0.309 e. The number of benzene rings is 9. The van der Waals surface area contributed by atoms with Crippen LogP contribution in [0.4, 0.5) is 0 Å². The average molecular weight is 761 g/mol. The zero-order valence-corrected chi connectivity index (χ0v) is 32.7. The summed E-state index contributed by atoms with van der Waals surface area (Å²) in [5.74, 6) is 0. The Morgan fingerprint density at radius 3 is 1.65 bits per heavy atom. The van der Waals surface area contributed by atoms with Crippen molar-refractivity contribution < 1.29 is 0 Å². The van der Waals surface area contributed by atoms with Crippen LogP contribution in [0.3, 0.4) is 0 Å². The molecule has 0 aliphatic heterocycles. The molecule has 2 heterocycles. The van der Waals surface area contributed by atoms with Crippen LogP contribution in [-0.2, 0) is 5.41 Å². The third-order valence-electron chi connectivity index (χ3n) is 13.2. The van der Waals surface area contributed by atoms with Crippen molar-refractivity contribution in [1.82, 2.24) is 9.55 Å². The summed E-state index contributed by atoms with van der Waals surface area (Å²) < 4.78 is 2.41. The Morgan fingerprint density at radius 1 is 0.367 bits per heavy atom. The highest BCUT2D eigenvalue weighted by molar-refractivity contribution is 6.15. The SMILES string of the molecule is c1ccc(-n2c3ccc(-c4ccc5c(c4)C(c4ccccc4)(c4ccccc4)c4ccccc4-5)cc3c3cc(-c4cc5cccc6c5c(n4)-c4ccccc4-6)ccc32)cc1. The van der Waals surface area contributed by atoms with Gasteiger partial charge in [0.15, 0.2) is 0 Å². The first-order chi connectivity index (χ1) is 29.8. The number of pyridine rings is 1. The number of aromatic nitrogens is 2. The minimum absolute atomic E-state index is 0.457. The molecule has 0 bridgehead atoms. The van der Waals surface area contributed by atoms with Crippen LogP contribution in [-0.4, -0.2) is 9.55 Å². The molecule has 0 saturated heterocycles. The molecule has 0 fully saturated rings. The van der Waals surface area contributed by atoms with Crippen molar-refractivity contribution in [2.75, 3.05) is 0 Å². The van der Waals surface area contributed by atoms with Gasteiger partial charge in [-0.1, -0.05) is 170 Å². The molecule has 13 rings (SSSR count). The van der Waals surface area contributed by atoms with E-state index in [2.05, 4.69) is 223 Å². The summed E-state index contributed by atoms with van der Waals surface area (Å²) in [6.45, 7) is 0. The van der Waals surface area contributed by atoms with E-state index in [0.29, 0.717) is 0 Å². The quantitative estimate of drug-likeness (QED) is 0.171. The van der Waals surface area contributed by atoms with Crippen LogP contribution in [0.1, 0.15) is 22.3 Å². The molecule has 2 aromatic heterocycles. The molecule has 2 nitrogen and oxygen atoms in total. The second-order valence-electron chi connectivity index (χ2n) is 16.2. The number of para-hydroxylation sites is 1. The highest BCUT2D eigenvalue weighted by atomic mass is 15.0. The maximum absolute atomic E-state index is 5.41. The van der Waals surface area contributed by atoms with Crippen molar-refractivity contribution >= 4 is 32.6 Å². The van der Waals surface area contributed by atoms with Crippen molar-refractivity contribution in [3.8, 4) is 61.6 Å². The predicted octanol–water partition coefficient (Wildman–Crippen LogP) is 14.7. The third-order valence-corrected chi connectivity index (χ3v) is 13.2. The molecule has 2 heteroatoms. The minimum Gasteiger partial charge on any atom is -0.309 e. The smallest absolute Gasteiger partial charge is 0.0800 e. The zero-order chi connectivity index (χ0) is 39.4. The van der Waals surface area contributed by atoms with Gasteiger partial charge in [-0.2, -0.15) is 0 Å². The second kappa shape index (κ2) is 12.6. The number of hydrogen-bond donors (Lipinski definition) is 0. The predicted molar refractivity (Wildman–Crippen MR) is 249 cm³/mol. The maximum Gasteiger partial charge on any atom is 0.0800 e. The lowest BCUT2D eigenvalue weighted by molar-refractivity contribution is 0.769. The van der Waals surface area contributed by atoms with E-state index < -0.39 is 5.41 Å². The summed E-state index contributed by atoms with van der Waals surface area (Å²) in [4.78, 5) is 5.41. The summed E-state index contributed by atoms with van der Waals surface area (Å²) in [5, 5.41) is 4.89. The van der Waals surface area contributed by atoms with Crippen molar-refractivity contribution in [2.45, 2.75) is 5.41 Å². The summed E-state index contributed by atoms with van der Waals surface area (Å²) in [5.41, 5.74) is 20.1. The van der Waals surface area contributed by atoms with Gasteiger partial charge in [-0.3, -0.25) is 0 Å². The molecule has 278 valence electrons. The first-order valence-corrected chi connectivity index (χ1v) is 20.8. The standard InChI is InChI=1S/C58H36N2/c1-4-16-41(17-5-1)58(42-18-6-2-7-19-42)51-26-13-12-23-45(51)46-30-27-38(35-52(46)58)37-28-31-54-49(33-37)50-34-39(29-32-55(50)60(54)43-20-8-3-9-21-43)53-36-40-15-14-25-47-44-22-10-11-24-48(44)57(59-53)56(40)47/h1-36H. The number of nitrogens with zero attached hydrogens (tertiary/aromatic N) is 2. The van der Waals surface area contributed by atoms with E-state index in [1.165, 1.54) is 93.8 Å². The van der Waals surface area contributed by atoms with Crippen molar-refractivity contribution in [1.29, 1.82) is 0 Å². The molecule has 9 aromatic carbocycles. The average Bonchev–Trinajstić information content (AvgIpc) is 3.94. The Morgan fingerprint density at radius 2 is 0.917 bits per heavy atom. The van der Waals surface area contributed by atoms with E-state index in [0.717, 1.165) is 22.6 Å². The van der Waals surface area contributed by atoms with Gasteiger partial charge in [0.25, 0.3) is 0 Å². The van der Waals surface area contributed by atoms with Crippen LogP contribution < -0.4 is 0 Å². The molecule has 0 amide bonds. The molecule has 11 aromatic rings. The van der Waals surface area contributed by atoms with Gasteiger partial charge >= 0.3 is 0 Å². The lowest BCUT2D eigenvalue weighted by atomic mass is 9.67. The van der Waals surface area contributed by atoms with Crippen LogP contribution in [0.25, 0.3) is 94.2 Å². The molecule has 60 heavy (non-hydrogen) atoms. The first-order valence-electron chi connectivity index (χ1n) is 20.8. The summed E-state index contributed by atoms with van der Waals surface area (Å²) in [6.07, 6.45) is 0. The third kappa shape index (κ3) is 4.56. The van der Waals surface area contributed by atoms with Gasteiger partial charge < -0.3 is 4.57 Å². The van der Waals surface area contributed by atoms with E-state index in [1.54, 1.807) is 0 Å². The number of rotatable bonds is 5. The molecule has 0 saturated carbocycles. The van der Waals surface area contributed by atoms with E-state index in [9.17, 15) is 0 Å². The Bertz CT molecular complexity index is 3490. The molecular formula is C58H36N2. The highest BCUT2D eigenvalue weighted by Gasteiger charge is 2.46. The monoisotopic (exact) mass is 760 g/mol. The van der Waals surface area contributed by atoms with Crippen LogP contribution >= 0.6 is 0 Å². The van der Waals surface area contributed by atoms with E-state index in [-0.39, 0.29) is 0 Å². The van der Waals surface area contributed by atoms with Gasteiger partial charge in [-0.15, -0.1) is 0 Å². The Kier molecular flexibility index (Phi) is 6.97. The minimum atomic E-state index is -0.457. The van der Waals surface area contributed by atoms with Gasteiger partial charge in [0, 0.05) is 33.0 Å². The fourth-order valence-electron chi connectivity index (χ4n) is 10.6. The van der Waals surface area contributed by atoms with Crippen molar-refractivity contribution in [2.24, 2.45) is 0 Å². The van der Waals surface area contributed by atoms with Crippen LogP contribution in [0, 0.1) is 0 Å². The normalized spacial score (nSPS) is 13.1. The summed E-state index contributed by atoms with van der Waals surface area (Å²) >= 11 is 0. The number of fused-ring (bicyclic) bond motifs is 9. The Balaban J connectivity index is 1.03. The van der Waals surface area contributed by atoms with Crippen molar-refractivity contribution in [3.05, 3.63) is 241 Å². The van der Waals surface area contributed by atoms with Gasteiger partial charge in [-0.25, -0.2) is 4.98 Å². The molecule has 0 radical (unpaired) electrons. The lowest BCUT2D eigenvalue weighted by Crippen LogP contribution is -2.28. The van der Waals surface area contributed by atoms with Gasteiger partial charge in [-0.05, 0) is 110 Å². The summed E-state index contributed by atoms with van der Waals surface area (Å²) in [6, 6.07) is 80.5. The maximum atomic E-state index is 5.41. The van der Waals surface area contributed by atoms with Crippen LogP contribution in [0.15, 0.2) is 218 Å². The lowest BCUT2D eigenvalue weighted by Gasteiger charge is -2.34. The Hall–Kier alpha value is -7.81. The van der Waals surface area contributed by atoms with E-state index in [4.69, 9.17) is 4.98 Å². The second-order valence-corrected chi connectivity index (χ2v) is 16.2. The Labute approximate surface area is 348 Å². The molecular weight excluding hydrogens is 725 g/mol. The van der Waals surface area contributed by atoms with Gasteiger partial charge in [0.2, 0.25) is 0 Å². The first kappa shape index (κ1) is 33.2. The van der Waals surface area contributed by atoms with Crippen LogP contribution in [0.2, 0.25) is 0 Å². The van der Waals surface area contributed by atoms with E-state index in [1.807, 2.05) is 0 Å². The topological polar surface area (TPSA) is 17.8 Å². The van der Waals surface area contributed by atoms with Gasteiger partial charge in [0.05, 0.1) is 27.8 Å². The fraction of sp³-hybridized carbons (Fsp3) is 0.0172. The molecule has 2 aliphatic rings. The van der Waals surface area contributed by atoms with Crippen LogP contribution in [0.5, 0.6) is 0 Å². The molecule has 0 N–H and O–H groups in total. The van der Waals surface area contributed by atoms with E-state index >= 15 is 0 Å². The zero-order valence-electron chi connectivity index (χ0n) is 32.7. The highest BCUT2D eigenvalue weighted by Crippen LogP contribution is 2.57. The fourth-order valence-corrected chi connectivity index (χ4v) is 10.6.